The molecule has 3 aliphatic heterocycles. The van der Waals surface area contributed by atoms with Crippen LogP contribution in [0.5, 0.6) is 5.75 Å². The number of piperidine rings is 2. The average Bonchev–Trinajstić information content (AvgIpc) is 3.56. The number of fused-ring (bicyclic) bond motifs is 2. The Balaban J connectivity index is 0.825. The number of nitrogens with one attached hydrogen (secondary N) is 3. The summed E-state index contributed by atoms with van der Waals surface area (Å²) in [6, 6.07) is 9.78. The number of aryl methyl sites for hydroxylation is 2. The van der Waals surface area contributed by atoms with Gasteiger partial charge in [0.05, 0.1) is 35.2 Å². The number of halogens is 1. The first-order chi connectivity index (χ1) is 28.0. The zero-order valence-corrected chi connectivity index (χ0v) is 33.6. The number of nitrogens with zero attached hydrogens (tertiary/aromatic N) is 9. The van der Waals surface area contributed by atoms with E-state index in [1.165, 1.54) is 17.3 Å². The van der Waals surface area contributed by atoms with Crippen LogP contribution in [0.1, 0.15) is 43.7 Å². The second-order valence-corrected chi connectivity index (χ2v) is 15.6. The van der Waals surface area contributed by atoms with Crippen molar-refractivity contribution in [3.05, 3.63) is 63.8 Å². The summed E-state index contributed by atoms with van der Waals surface area (Å²) in [6.45, 7) is 6.19. The maximum atomic E-state index is 12.8. The average molecular weight is 811 g/mol. The van der Waals surface area contributed by atoms with E-state index in [9.17, 15) is 19.2 Å². The number of hydrogen-bond acceptors (Lipinski definition) is 13. The molecular formula is C40H47ClN12O5. The number of imide groups is 1. The number of likely N-dealkylation sites (N-methyl/N-ethyl adjacent to an activating group) is 1. The maximum Gasteiger partial charge on any atom is 0.294 e. The van der Waals surface area contributed by atoms with Crippen molar-refractivity contribution in [3.8, 4) is 5.75 Å². The van der Waals surface area contributed by atoms with Crippen molar-refractivity contribution in [2.75, 3.05) is 74.6 Å². The van der Waals surface area contributed by atoms with Gasteiger partial charge in [-0.3, -0.25) is 38.6 Å². The number of carbonyl (C=O) groups is 3. The highest BCUT2D eigenvalue weighted by molar-refractivity contribution is 6.33. The first-order valence-electron chi connectivity index (χ1n) is 19.7. The normalized spacial score (nSPS) is 18.2. The van der Waals surface area contributed by atoms with E-state index in [0.717, 1.165) is 81.7 Å². The molecule has 0 spiro atoms. The van der Waals surface area contributed by atoms with Gasteiger partial charge in [0.25, 0.3) is 11.5 Å². The van der Waals surface area contributed by atoms with Crippen LogP contribution in [0.25, 0.3) is 21.9 Å². The molecule has 0 radical (unpaired) electrons. The number of rotatable bonds is 11. The van der Waals surface area contributed by atoms with Crippen LogP contribution in [0.15, 0.2) is 47.5 Å². The first kappa shape index (κ1) is 39.0. The van der Waals surface area contributed by atoms with Crippen LogP contribution >= 0.6 is 11.6 Å². The largest absolute Gasteiger partial charge is 0.478 e. The lowest BCUT2D eigenvalue weighted by atomic mass is 9.92. The molecule has 0 bridgehead atoms. The molecule has 5 aromatic rings. The minimum Gasteiger partial charge on any atom is -0.478 e. The Morgan fingerprint density at radius 2 is 1.76 bits per heavy atom. The monoisotopic (exact) mass is 810 g/mol. The van der Waals surface area contributed by atoms with Crippen LogP contribution in [0.2, 0.25) is 5.02 Å². The number of benzene rings is 1. The van der Waals surface area contributed by atoms with Crippen LogP contribution in [0.3, 0.4) is 0 Å². The molecule has 18 heteroatoms. The van der Waals surface area contributed by atoms with E-state index in [1.54, 1.807) is 25.5 Å². The lowest BCUT2D eigenvalue weighted by molar-refractivity contribution is -0.134. The highest BCUT2D eigenvalue weighted by atomic mass is 35.5. The molecule has 3 N–H and O–H groups in total. The van der Waals surface area contributed by atoms with Gasteiger partial charge in [0, 0.05) is 83.3 Å². The van der Waals surface area contributed by atoms with E-state index < -0.39 is 11.5 Å². The molecule has 304 valence electrons. The predicted octanol–water partition coefficient (Wildman–Crippen LogP) is 3.08. The molecular weight excluding hydrogens is 764 g/mol. The van der Waals surface area contributed by atoms with E-state index in [0.29, 0.717) is 52.3 Å². The fourth-order valence-electron chi connectivity index (χ4n) is 8.15. The molecule has 3 saturated heterocycles. The fourth-order valence-corrected chi connectivity index (χ4v) is 8.28. The second-order valence-electron chi connectivity index (χ2n) is 15.2. The van der Waals surface area contributed by atoms with Gasteiger partial charge in [0.2, 0.25) is 17.8 Å². The third kappa shape index (κ3) is 8.13. The summed E-state index contributed by atoms with van der Waals surface area (Å²) in [5.41, 5.74) is 3.59. The van der Waals surface area contributed by atoms with Crippen molar-refractivity contribution >= 4 is 74.4 Å². The molecule has 1 aromatic carbocycles. The Bertz CT molecular complexity index is 2440. The van der Waals surface area contributed by atoms with Crippen molar-refractivity contribution in [2.24, 2.45) is 20.0 Å². The fraction of sp³-hybridized carbons (Fsp3) is 0.450. The molecule has 1 unspecified atom stereocenters. The Labute approximate surface area is 339 Å². The number of hydrogen-bond donors (Lipinski definition) is 3. The summed E-state index contributed by atoms with van der Waals surface area (Å²) < 4.78 is 8.71. The Kier molecular flexibility index (Phi) is 11.2. The number of amides is 3. The quantitative estimate of drug-likeness (QED) is 0.166. The van der Waals surface area contributed by atoms with Crippen molar-refractivity contribution in [1.82, 2.24) is 44.8 Å². The van der Waals surface area contributed by atoms with Crippen LogP contribution in [0.4, 0.5) is 23.1 Å². The Morgan fingerprint density at radius 3 is 2.52 bits per heavy atom. The standard InChI is InChI=1S/C40H47ClN12O5/c1-42-34(55)23-58-32-19-25-18-26(21-43-37(25)49(2)39(32)57)45-36-30(41)22-44-40(47-36)53-16-14-51(15-17-53)11-8-24-9-12-52(13-10-24)27-4-5-28-31(20-27)50(3)48-35(28)29-6-7-33(54)46-38(29)56/h4-5,18-22,24,29H,6-17,23H2,1-3H3,(H,42,55)(H,44,45,47)(H,46,54,56). The number of pyridine rings is 2. The molecule has 7 heterocycles. The Morgan fingerprint density at radius 1 is 0.966 bits per heavy atom. The number of carbonyl (C=O) groups excluding carboxylic acids is 3. The summed E-state index contributed by atoms with van der Waals surface area (Å²) in [6.07, 6.45) is 7.45. The minimum absolute atomic E-state index is 0.0465. The highest BCUT2D eigenvalue weighted by Gasteiger charge is 2.32. The summed E-state index contributed by atoms with van der Waals surface area (Å²) >= 11 is 6.54. The smallest absolute Gasteiger partial charge is 0.294 e. The zero-order valence-electron chi connectivity index (χ0n) is 32.8. The van der Waals surface area contributed by atoms with E-state index in [-0.39, 0.29) is 30.1 Å². The van der Waals surface area contributed by atoms with Gasteiger partial charge in [0.15, 0.2) is 18.2 Å². The van der Waals surface area contributed by atoms with E-state index >= 15 is 0 Å². The highest BCUT2D eigenvalue weighted by Crippen LogP contribution is 2.34. The van der Waals surface area contributed by atoms with Gasteiger partial charge in [-0.15, -0.1) is 0 Å². The Hall–Kier alpha value is -5.81. The molecule has 3 aliphatic rings. The number of ether oxygens (including phenoxy) is 1. The van der Waals surface area contributed by atoms with Crippen LogP contribution < -0.4 is 36.0 Å². The molecule has 8 rings (SSSR count). The van der Waals surface area contributed by atoms with Crippen molar-refractivity contribution in [3.63, 3.8) is 0 Å². The maximum absolute atomic E-state index is 12.8. The molecule has 0 saturated carbocycles. The third-order valence-corrected chi connectivity index (χ3v) is 11.8. The SMILES string of the molecule is CNC(=O)COc1cc2cc(Nc3nc(N4CCN(CCC5CCN(c6ccc7c(C8CCC(=O)NC8=O)nn(C)c7c6)CC5)CC4)ncc3Cl)cnc2n(C)c1=O. The number of piperazine rings is 1. The molecule has 17 nitrogen and oxygen atoms in total. The summed E-state index contributed by atoms with van der Waals surface area (Å²) in [5, 5.41) is 14.9. The molecule has 4 aromatic heterocycles. The number of aromatic nitrogens is 6. The topological polar surface area (TPSA) is 185 Å². The third-order valence-electron chi connectivity index (χ3n) is 11.6. The second kappa shape index (κ2) is 16.6. The van der Waals surface area contributed by atoms with Crippen LogP contribution in [0, 0.1) is 5.92 Å². The summed E-state index contributed by atoms with van der Waals surface area (Å²) in [5.74, 6) is 0.514. The van der Waals surface area contributed by atoms with Gasteiger partial charge in [0.1, 0.15) is 10.7 Å². The van der Waals surface area contributed by atoms with Crippen molar-refractivity contribution in [1.29, 1.82) is 0 Å². The molecule has 3 fully saturated rings. The van der Waals surface area contributed by atoms with Gasteiger partial charge in [-0.25, -0.2) is 9.97 Å². The first-order valence-corrected chi connectivity index (χ1v) is 20.1. The zero-order chi connectivity index (χ0) is 40.5. The molecule has 1 atom stereocenters. The summed E-state index contributed by atoms with van der Waals surface area (Å²) in [4.78, 5) is 69.6. The van der Waals surface area contributed by atoms with Gasteiger partial charge < -0.3 is 25.2 Å². The van der Waals surface area contributed by atoms with Gasteiger partial charge >= 0.3 is 0 Å². The van der Waals surface area contributed by atoms with Crippen LogP contribution in [-0.2, 0) is 28.5 Å². The van der Waals surface area contributed by atoms with E-state index in [1.807, 2.05) is 17.8 Å². The molecule has 0 aliphatic carbocycles. The van der Waals surface area contributed by atoms with E-state index in [2.05, 4.69) is 58.8 Å². The summed E-state index contributed by atoms with van der Waals surface area (Å²) in [7, 11) is 5.01. The molecule has 58 heavy (non-hydrogen) atoms. The lowest BCUT2D eigenvalue weighted by Gasteiger charge is -2.37. The van der Waals surface area contributed by atoms with E-state index in [4.69, 9.17) is 26.4 Å². The van der Waals surface area contributed by atoms with Crippen molar-refractivity contribution in [2.45, 2.75) is 38.0 Å². The van der Waals surface area contributed by atoms with Gasteiger partial charge in [-0.2, -0.15) is 10.1 Å². The van der Waals surface area contributed by atoms with Crippen LogP contribution in [-0.4, -0.2) is 111 Å². The molecule has 3 amide bonds. The van der Waals surface area contributed by atoms with Gasteiger partial charge in [-0.05, 0) is 68.5 Å². The minimum atomic E-state index is -0.408. The van der Waals surface area contributed by atoms with Crippen molar-refractivity contribution < 1.29 is 19.1 Å². The predicted molar refractivity (Wildman–Crippen MR) is 221 cm³/mol. The van der Waals surface area contributed by atoms with Gasteiger partial charge in [-0.1, -0.05) is 11.6 Å². The number of anilines is 4. The lowest BCUT2D eigenvalue weighted by Crippen LogP contribution is -2.47.